The number of nitrogens with two attached hydrogens (primary N) is 1. The van der Waals surface area contributed by atoms with Crippen LogP contribution in [0.4, 0.5) is 5.69 Å². The standard InChI is InChI=1S/C16H20N4/c1-11-5-4-8-20(10-11)15-12-6-2-3-7-14(12)19-9-13(15)16(17)18/h2-3,6-7,9,11H,4-5,8,10H2,1H3,(H3,17,18). The molecule has 0 saturated carbocycles. The van der Waals surface area contributed by atoms with Crippen molar-refractivity contribution in [1.82, 2.24) is 4.98 Å². The first-order chi connectivity index (χ1) is 9.66. The summed E-state index contributed by atoms with van der Waals surface area (Å²) in [7, 11) is 0. The van der Waals surface area contributed by atoms with Crippen molar-refractivity contribution in [3.63, 3.8) is 0 Å². The molecule has 4 nitrogen and oxygen atoms in total. The summed E-state index contributed by atoms with van der Waals surface area (Å²) in [6, 6.07) is 8.09. The molecule has 0 amide bonds. The molecule has 1 aliphatic heterocycles. The average Bonchev–Trinajstić information content (AvgIpc) is 2.46. The van der Waals surface area contributed by atoms with Crippen LogP contribution in [0.25, 0.3) is 10.9 Å². The number of nitrogens with zero attached hydrogens (tertiary/aromatic N) is 2. The first-order valence-electron chi connectivity index (χ1n) is 7.14. The van der Waals surface area contributed by atoms with E-state index in [1.807, 2.05) is 18.2 Å². The van der Waals surface area contributed by atoms with Crippen molar-refractivity contribution in [3.05, 3.63) is 36.0 Å². The van der Waals surface area contributed by atoms with E-state index in [4.69, 9.17) is 11.1 Å². The summed E-state index contributed by atoms with van der Waals surface area (Å²) < 4.78 is 0. The van der Waals surface area contributed by atoms with Crippen LogP contribution in [0, 0.1) is 11.3 Å². The number of rotatable bonds is 2. The Morgan fingerprint density at radius 2 is 2.20 bits per heavy atom. The van der Waals surface area contributed by atoms with Gasteiger partial charge in [0.25, 0.3) is 0 Å². The normalized spacial score (nSPS) is 19.2. The van der Waals surface area contributed by atoms with Crippen LogP contribution >= 0.6 is 0 Å². The van der Waals surface area contributed by atoms with Crippen molar-refractivity contribution in [2.75, 3.05) is 18.0 Å². The topological polar surface area (TPSA) is 66.0 Å². The van der Waals surface area contributed by atoms with Gasteiger partial charge >= 0.3 is 0 Å². The van der Waals surface area contributed by atoms with Gasteiger partial charge < -0.3 is 10.6 Å². The maximum Gasteiger partial charge on any atom is 0.126 e. The molecule has 104 valence electrons. The van der Waals surface area contributed by atoms with Crippen LogP contribution < -0.4 is 10.6 Å². The second kappa shape index (κ2) is 5.12. The molecule has 0 aliphatic carbocycles. The number of amidine groups is 1. The smallest absolute Gasteiger partial charge is 0.126 e. The zero-order chi connectivity index (χ0) is 14.1. The van der Waals surface area contributed by atoms with Crippen LogP contribution in [0.1, 0.15) is 25.3 Å². The van der Waals surface area contributed by atoms with E-state index in [1.54, 1.807) is 6.20 Å². The lowest BCUT2D eigenvalue weighted by molar-refractivity contribution is 0.447. The minimum Gasteiger partial charge on any atom is -0.384 e. The van der Waals surface area contributed by atoms with E-state index in [1.165, 1.54) is 12.8 Å². The van der Waals surface area contributed by atoms with Gasteiger partial charge in [-0.3, -0.25) is 10.4 Å². The molecule has 1 atom stereocenters. The monoisotopic (exact) mass is 268 g/mol. The highest BCUT2D eigenvalue weighted by molar-refractivity contribution is 6.07. The quantitative estimate of drug-likeness (QED) is 0.650. The molecular weight excluding hydrogens is 248 g/mol. The number of benzene rings is 1. The fourth-order valence-electron chi connectivity index (χ4n) is 3.06. The summed E-state index contributed by atoms with van der Waals surface area (Å²) in [5.74, 6) is 0.770. The van der Waals surface area contributed by atoms with Gasteiger partial charge in [0.2, 0.25) is 0 Å². The largest absolute Gasteiger partial charge is 0.384 e. The Labute approximate surface area is 119 Å². The SMILES string of the molecule is CC1CCCN(c2c(C(=N)N)cnc3ccccc23)C1. The predicted molar refractivity (Wildman–Crippen MR) is 83.4 cm³/mol. The minimum absolute atomic E-state index is 0.0940. The van der Waals surface area contributed by atoms with Crippen molar-refractivity contribution >= 4 is 22.4 Å². The van der Waals surface area contributed by atoms with Crippen LogP contribution in [0.5, 0.6) is 0 Å². The van der Waals surface area contributed by atoms with E-state index < -0.39 is 0 Å². The predicted octanol–water partition coefficient (Wildman–Crippen LogP) is 2.76. The number of nitrogen functional groups attached to an aromatic ring is 1. The first-order valence-corrected chi connectivity index (χ1v) is 7.14. The van der Waals surface area contributed by atoms with Crippen LogP contribution in [0.2, 0.25) is 0 Å². The van der Waals surface area contributed by atoms with Gasteiger partial charge in [-0.05, 0) is 24.8 Å². The molecular formula is C16H20N4. The number of fused-ring (bicyclic) bond motifs is 1. The molecule has 20 heavy (non-hydrogen) atoms. The second-order valence-corrected chi connectivity index (χ2v) is 5.64. The Hall–Kier alpha value is -2.10. The molecule has 2 heterocycles. The lowest BCUT2D eigenvalue weighted by Crippen LogP contribution is -2.36. The van der Waals surface area contributed by atoms with Crippen molar-refractivity contribution < 1.29 is 0 Å². The third-order valence-corrected chi connectivity index (χ3v) is 4.01. The van der Waals surface area contributed by atoms with Gasteiger partial charge in [0, 0.05) is 24.7 Å². The highest BCUT2D eigenvalue weighted by atomic mass is 15.1. The van der Waals surface area contributed by atoms with E-state index in [0.717, 1.165) is 35.2 Å². The lowest BCUT2D eigenvalue weighted by Gasteiger charge is -2.34. The van der Waals surface area contributed by atoms with Crippen molar-refractivity contribution in [2.45, 2.75) is 19.8 Å². The van der Waals surface area contributed by atoms with Crippen LogP contribution in [0.3, 0.4) is 0 Å². The van der Waals surface area contributed by atoms with E-state index in [2.05, 4.69) is 22.9 Å². The first kappa shape index (κ1) is 12.9. The molecule has 1 aromatic heterocycles. The molecule has 1 unspecified atom stereocenters. The Morgan fingerprint density at radius 1 is 1.40 bits per heavy atom. The van der Waals surface area contributed by atoms with Crippen molar-refractivity contribution in [1.29, 1.82) is 5.41 Å². The fraction of sp³-hybridized carbons (Fsp3) is 0.375. The molecule has 1 saturated heterocycles. The highest BCUT2D eigenvalue weighted by Crippen LogP contribution is 2.32. The van der Waals surface area contributed by atoms with Gasteiger partial charge in [0.1, 0.15) is 5.84 Å². The molecule has 4 heteroatoms. The molecule has 1 fully saturated rings. The number of aromatic nitrogens is 1. The average molecular weight is 268 g/mol. The van der Waals surface area contributed by atoms with E-state index in [0.29, 0.717) is 5.92 Å². The minimum atomic E-state index is 0.0940. The maximum atomic E-state index is 7.83. The van der Waals surface area contributed by atoms with Crippen molar-refractivity contribution in [3.8, 4) is 0 Å². The fourth-order valence-corrected chi connectivity index (χ4v) is 3.06. The summed E-state index contributed by atoms with van der Waals surface area (Å²) in [5, 5.41) is 8.92. The number of nitrogens with one attached hydrogen (secondary N) is 1. The number of hydrogen-bond acceptors (Lipinski definition) is 3. The summed E-state index contributed by atoms with van der Waals surface area (Å²) in [6.45, 7) is 4.33. The molecule has 0 spiro atoms. The van der Waals surface area contributed by atoms with Gasteiger partial charge in [-0.25, -0.2) is 0 Å². The van der Waals surface area contributed by atoms with Gasteiger partial charge in [-0.1, -0.05) is 25.1 Å². The number of hydrogen-bond donors (Lipinski definition) is 2. The zero-order valence-corrected chi connectivity index (χ0v) is 11.8. The summed E-state index contributed by atoms with van der Waals surface area (Å²) in [6.07, 6.45) is 4.20. The van der Waals surface area contributed by atoms with Gasteiger partial charge in [-0.15, -0.1) is 0 Å². The Balaban J connectivity index is 2.19. The van der Waals surface area contributed by atoms with Gasteiger partial charge in [0.05, 0.1) is 16.8 Å². The Bertz CT molecular complexity index is 650. The third-order valence-electron chi connectivity index (χ3n) is 4.01. The summed E-state index contributed by atoms with van der Waals surface area (Å²) in [5.41, 5.74) is 8.55. The van der Waals surface area contributed by atoms with Crippen LogP contribution in [-0.4, -0.2) is 23.9 Å². The number of pyridine rings is 1. The third kappa shape index (κ3) is 2.22. The zero-order valence-electron chi connectivity index (χ0n) is 11.8. The van der Waals surface area contributed by atoms with E-state index in [-0.39, 0.29) is 5.84 Å². The highest BCUT2D eigenvalue weighted by Gasteiger charge is 2.22. The molecule has 0 radical (unpaired) electrons. The second-order valence-electron chi connectivity index (χ2n) is 5.64. The molecule has 2 aromatic rings. The van der Waals surface area contributed by atoms with Gasteiger partial charge in [-0.2, -0.15) is 0 Å². The van der Waals surface area contributed by atoms with E-state index >= 15 is 0 Å². The molecule has 0 bridgehead atoms. The van der Waals surface area contributed by atoms with Crippen LogP contribution in [0.15, 0.2) is 30.5 Å². The van der Waals surface area contributed by atoms with Crippen molar-refractivity contribution in [2.24, 2.45) is 11.7 Å². The molecule has 1 aromatic carbocycles. The molecule has 3 N–H and O–H groups in total. The van der Waals surface area contributed by atoms with Gasteiger partial charge in [0.15, 0.2) is 0 Å². The van der Waals surface area contributed by atoms with Crippen LogP contribution in [-0.2, 0) is 0 Å². The van der Waals surface area contributed by atoms with E-state index in [9.17, 15) is 0 Å². The summed E-state index contributed by atoms with van der Waals surface area (Å²) >= 11 is 0. The number of piperidine rings is 1. The molecule has 1 aliphatic rings. The number of para-hydroxylation sites is 1. The Morgan fingerprint density at radius 3 is 2.95 bits per heavy atom. The lowest BCUT2D eigenvalue weighted by atomic mass is 9.98. The maximum absolute atomic E-state index is 7.83. The summed E-state index contributed by atoms with van der Waals surface area (Å²) in [4.78, 5) is 6.80. The Kier molecular flexibility index (Phi) is 3.30. The molecule has 3 rings (SSSR count). The number of anilines is 1.